The Morgan fingerprint density at radius 1 is 0.966 bits per heavy atom. The first kappa shape index (κ1) is 19.4. The molecule has 1 unspecified atom stereocenters. The standard InChI is InChI=1S/C20H22N4O4S/c1-14(25)15-6-8-16(9-7-15)23-10-12-24(13-11-23)20(26)19-21-17-4-2-3-5-18(17)29(27,28)22-19/h2-9,19,21-22H,10-13H2,1H3. The Labute approximate surface area is 169 Å². The minimum Gasteiger partial charge on any atom is -0.368 e. The molecule has 0 radical (unpaired) electrons. The predicted molar refractivity (Wildman–Crippen MR) is 109 cm³/mol. The van der Waals surface area contributed by atoms with Crippen molar-refractivity contribution in [1.29, 1.82) is 0 Å². The molecule has 2 heterocycles. The Hall–Kier alpha value is -2.91. The molecule has 0 saturated carbocycles. The Morgan fingerprint density at radius 3 is 2.28 bits per heavy atom. The van der Waals surface area contributed by atoms with Crippen molar-refractivity contribution in [3.05, 3.63) is 54.1 Å². The van der Waals surface area contributed by atoms with Gasteiger partial charge in [-0.15, -0.1) is 0 Å². The molecule has 2 aromatic rings. The van der Waals surface area contributed by atoms with Crippen LogP contribution >= 0.6 is 0 Å². The quantitative estimate of drug-likeness (QED) is 0.734. The number of rotatable bonds is 3. The fraction of sp³-hybridized carbons (Fsp3) is 0.300. The summed E-state index contributed by atoms with van der Waals surface area (Å²) in [4.78, 5) is 28.2. The van der Waals surface area contributed by atoms with Gasteiger partial charge in [-0.3, -0.25) is 9.59 Å². The maximum Gasteiger partial charge on any atom is 0.261 e. The molecule has 8 nitrogen and oxygen atoms in total. The van der Waals surface area contributed by atoms with E-state index < -0.39 is 16.2 Å². The van der Waals surface area contributed by atoms with Gasteiger partial charge in [-0.05, 0) is 43.3 Å². The molecular formula is C20H22N4O4S. The summed E-state index contributed by atoms with van der Waals surface area (Å²) in [6, 6.07) is 13.9. The van der Waals surface area contributed by atoms with Gasteiger partial charge in [-0.1, -0.05) is 12.1 Å². The lowest BCUT2D eigenvalue weighted by atomic mass is 10.1. The fourth-order valence-electron chi connectivity index (χ4n) is 3.61. The van der Waals surface area contributed by atoms with Crippen LogP contribution in [0.1, 0.15) is 17.3 Å². The zero-order valence-corrected chi connectivity index (χ0v) is 16.8. The van der Waals surface area contributed by atoms with Crippen molar-refractivity contribution in [3.63, 3.8) is 0 Å². The van der Waals surface area contributed by atoms with Crippen LogP contribution in [0.25, 0.3) is 0 Å². The molecule has 9 heteroatoms. The summed E-state index contributed by atoms with van der Waals surface area (Å²) in [6.07, 6.45) is -1.02. The van der Waals surface area contributed by atoms with E-state index in [4.69, 9.17) is 0 Å². The number of hydrogen-bond donors (Lipinski definition) is 2. The van der Waals surface area contributed by atoms with Gasteiger partial charge in [0, 0.05) is 37.4 Å². The van der Waals surface area contributed by atoms with Crippen LogP contribution in [0, 0.1) is 0 Å². The number of sulfonamides is 1. The summed E-state index contributed by atoms with van der Waals surface area (Å²) < 4.78 is 27.3. The third-order valence-corrected chi connectivity index (χ3v) is 6.71. The molecule has 1 fully saturated rings. The zero-order valence-electron chi connectivity index (χ0n) is 16.0. The number of carbonyl (C=O) groups is 2. The molecule has 1 saturated heterocycles. The Morgan fingerprint density at radius 2 is 1.62 bits per heavy atom. The molecule has 2 aliphatic rings. The number of fused-ring (bicyclic) bond motifs is 1. The Balaban J connectivity index is 1.41. The number of hydrogen-bond acceptors (Lipinski definition) is 6. The lowest BCUT2D eigenvalue weighted by molar-refractivity contribution is -0.132. The van der Waals surface area contributed by atoms with Gasteiger partial charge in [0.15, 0.2) is 11.9 Å². The van der Waals surface area contributed by atoms with E-state index in [1.54, 1.807) is 35.2 Å². The number of ketones is 1. The van der Waals surface area contributed by atoms with E-state index in [0.29, 0.717) is 37.4 Å². The molecule has 152 valence electrons. The van der Waals surface area contributed by atoms with Crippen LogP contribution in [0.5, 0.6) is 0 Å². The minimum atomic E-state index is -3.74. The lowest BCUT2D eigenvalue weighted by Crippen LogP contribution is -2.58. The minimum absolute atomic E-state index is 0.0240. The third-order valence-electron chi connectivity index (χ3n) is 5.23. The molecule has 2 aromatic carbocycles. The Bertz CT molecular complexity index is 1040. The molecule has 0 bridgehead atoms. The Kier molecular flexibility index (Phi) is 5.01. The largest absolute Gasteiger partial charge is 0.368 e. The number of anilines is 2. The summed E-state index contributed by atoms with van der Waals surface area (Å²) >= 11 is 0. The van der Waals surface area contributed by atoms with Crippen LogP contribution in [-0.2, 0) is 14.8 Å². The van der Waals surface area contributed by atoms with E-state index >= 15 is 0 Å². The van der Waals surface area contributed by atoms with Crippen LogP contribution in [0.3, 0.4) is 0 Å². The van der Waals surface area contributed by atoms with Crippen molar-refractivity contribution in [2.24, 2.45) is 0 Å². The van der Waals surface area contributed by atoms with E-state index in [1.165, 1.54) is 13.0 Å². The second-order valence-corrected chi connectivity index (χ2v) is 8.79. The summed E-state index contributed by atoms with van der Waals surface area (Å²) in [6.45, 7) is 3.75. The van der Waals surface area contributed by atoms with Crippen LogP contribution in [0.2, 0.25) is 0 Å². The third kappa shape index (κ3) is 3.83. The average Bonchev–Trinajstić information content (AvgIpc) is 2.73. The molecule has 2 aliphatic heterocycles. The highest BCUT2D eigenvalue weighted by atomic mass is 32.2. The van der Waals surface area contributed by atoms with Crippen molar-refractivity contribution in [3.8, 4) is 0 Å². The van der Waals surface area contributed by atoms with Gasteiger partial charge >= 0.3 is 0 Å². The number of carbonyl (C=O) groups excluding carboxylic acids is 2. The lowest BCUT2D eigenvalue weighted by Gasteiger charge is -2.38. The molecule has 0 aromatic heterocycles. The van der Waals surface area contributed by atoms with Crippen LogP contribution in [-0.4, -0.2) is 57.4 Å². The zero-order chi connectivity index (χ0) is 20.6. The maximum atomic E-state index is 12.9. The average molecular weight is 414 g/mol. The number of nitrogens with zero attached hydrogens (tertiary/aromatic N) is 2. The normalized spacial score (nSPS) is 20.5. The van der Waals surface area contributed by atoms with E-state index in [0.717, 1.165) is 5.69 Å². The van der Waals surface area contributed by atoms with E-state index in [9.17, 15) is 18.0 Å². The van der Waals surface area contributed by atoms with Gasteiger partial charge in [0.1, 0.15) is 4.90 Å². The predicted octanol–water partition coefficient (Wildman–Crippen LogP) is 1.27. The smallest absolute Gasteiger partial charge is 0.261 e. The van der Waals surface area contributed by atoms with E-state index in [-0.39, 0.29) is 16.6 Å². The van der Waals surface area contributed by atoms with Gasteiger partial charge < -0.3 is 15.1 Å². The van der Waals surface area contributed by atoms with Crippen LogP contribution < -0.4 is 14.9 Å². The summed E-state index contributed by atoms with van der Waals surface area (Å²) in [7, 11) is -3.74. The number of nitrogens with one attached hydrogen (secondary N) is 2. The molecule has 0 spiro atoms. The van der Waals surface area contributed by atoms with Crippen molar-refractivity contribution < 1.29 is 18.0 Å². The van der Waals surface area contributed by atoms with Gasteiger partial charge in [0.25, 0.3) is 5.91 Å². The first-order chi connectivity index (χ1) is 13.8. The van der Waals surface area contributed by atoms with E-state index in [2.05, 4.69) is 14.9 Å². The second kappa shape index (κ2) is 7.49. The molecule has 1 atom stereocenters. The van der Waals surface area contributed by atoms with E-state index in [1.807, 2.05) is 12.1 Å². The van der Waals surface area contributed by atoms with Crippen LogP contribution in [0.15, 0.2) is 53.4 Å². The SMILES string of the molecule is CC(=O)c1ccc(N2CCN(C(=O)C3Nc4ccccc4S(=O)(=O)N3)CC2)cc1. The van der Waals surface area contributed by atoms with Gasteiger partial charge in [-0.2, -0.15) is 4.72 Å². The summed E-state index contributed by atoms with van der Waals surface area (Å²) in [5.74, 6) is -0.273. The highest BCUT2D eigenvalue weighted by Crippen LogP contribution is 2.26. The topological polar surface area (TPSA) is 98.8 Å². The van der Waals surface area contributed by atoms with Crippen molar-refractivity contribution >= 4 is 33.1 Å². The van der Waals surface area contributed by atoms with Gasteiger partial charge in [0.05, 0.1) is 5.69 Å². The first-order valence-corrected chi connectivity index (χ1v) is 10.9. The number of para-hydroxylation sites is 1. The van der Waals surface area contributed by atoms with Crippen LogP contribution in [0.4, 0.5) is 11.4 Å². The molecule has 4 rings (SSSR count). The van der Waals surface area contributed by atoms with Crippen molar-refractivity contribution in [2.45, 2.75) is 18.0 Å². The molecule has 1 amide bonds. The fourth-order valence-corrected chi connectivity index (χ4v) is 4.88. The molecule has 29 heavy (non-hydrogen) atoms. The maximum absolute atomic E-state index is 12.9. The number of piperazine rings is 1. The summed E-state index contributed by atoms with van der Waals surface area (Å²) in [5.41, 5.74) is 2.08. The highest BCUT2D eigenvalue weighted by Gasteiger charge is 2.36. The van der Waals surface area contributed by atoms with Crippen molar-refractivity contribution in [1.82, 2.24) is 9.62 Å². The first-order valence-electron chi connectivity index (χ1n) is 9.38. The molecular weight excluding hydrogens is 392 g/mol. The van der Waals surface area contributed by atoms with Gasteiger partial charge in [-0.25, -0.2) is 8.42 Å². The number of amides is 1. The summed E-state index contributed by atoms with van der Waals surface area (Å²) in [5, 5.41) is 2.98. The number of Topliss-reactive ketones (excluding diaryl/α,β-unsaturated/α-hetero) is 1. The molecule has 2 N–H and O–H groups in total. The van der Waals surface area contributed by atoms with Crippen molar-refractivity contribution in [2.75, 3.05) is 36.4 Å². The molecule has 0 aliphatic carbocycles. The van der Waals surface area contributed by atoms with Gasteiger partial charge in [0.2, 0.25) is 10.0 Å². The monoisotopic (exact) mass is 414 g/mol. The number of benzene rings is 2. The second-order valence-electron chi connectivity index (χ2n) is 7.11. The highest BCUT2D eigenvalue weighted by molar-refractivity contribution is 7.89.